The molecule has 0 unspecified atom stereocenters. The predicted molar refractivity (Wildman–Crippen MR) is 139 cm³/mol. The third-order valence-electron chi connectivity index (χ3n) is 7.44. The van der Waals surface area contributed by atoms with E-state index >= 15 is 4.39 Å². The Kier molecular flexibility index (Phi) is 8.65. The van der Waals surface area contributed by atoms with E-state index < -0.39 is 29.1 Å². The minimum atomic E-state index is -1.23. The van der Waals surface area contributed by atoms with Crippen LogP contribution in [-0.2, 0) is 4.79 Å². The fraction of sp³-hybridized carbons (Fsp3) is 0.517. The van der Waals surface area contributed by atoms with Crippen molar-refractivity contribution in [3.05, 3.63) is 53.6 Å². The van der Waals surface area contributed by atoms with E-state index in [1.165, 1.54) is 29.2 Å². The lowest BCUT2D eigenvalue weighted by Crippen LogP contribution is -2.42. The summed E-state index contributed by atoms with van der Waals surface area (Å²) in [6.45, 7) is 6.05. The molecule has 0 spiro atoms. The van der Waals surface area contributed by atoms with Gasteiger partial charge in [0.2, 0.25) is 5.91 Å². The Hall–Kier alpha value is -3.07. The molecule has 2 aromatic carbocycles. The van der Waals surface area contributed by atoms with Crippen LogP contribution in [0.25, 0.3) is 11.1 Å². The quantitative estimate of drug-likeness (QED) is 0.531. The van der Waals surface area contributed by atoms with Crippen molar-refractivity contribution in [3.63, 3.8) is 0 Å². The number of hydrogen-bond donors (Lipinski definition) is 1. The molecule has 2 aliphatic rings. The van der Waals surface area contributed by atoms with Crippen LogP contribution in [0.1, 0.15) is 49.9 Å². The number of rotatable bonds is 8. The molecule has 0 radical (unpaired) electrons. The number of halogens is 3. The minimum absolute atomic E-state index is 0.0962. The van der Waals surface area contributed by atoms with Crippen molar-refractivity contribution in [1.29, 1.82) is 0 Å². The molecule has 4 rings (SSSR count). The molecule has 0 aliphatic carbocycles. The summed E-state index contributed by atoms with van der Waals surface area (Å²) >= 11 is 0. The van der Waals surface area contributed by atoms with E-state index in [4.69, 9.17) is 10.5 Å². The number of alkyl halides is 1. The summed E-state index contributed by atoms with van der Waals surface area (Å²) < 4.78 is 49.6. The summed E-state index contributed by atoms with van der Waals surface area (Å²) in [6, 6.07) is 8.67. The van der Waals surface area contributed by atoms with E-state index in [9.17, 15) is 18.4 Å². The number of ether oxygens (including phenoxy) is 1. The molecule has 2 saturated heterocycles. The highest BCUT2D eigenvalue weighted by atomic mass is 19.1. The summed E-state index contributed by atoms with van der Waals surface area (Å²) in [4.78, 5) is 28.3. The van der Waals surface area contributed by atoms with Gasteiger partial charge in [0, 0.05) is 25.6 Å². The highest BCUT2D eigenvalue weighted by Gasteiger charge is 2.30. The topological polar surface area (TPSA) is 75.9 Å². The standard InChI is InChI=1S/C29H36F3N3O3/c1-29(2,32)18-34-12-8-19(9-13-34)17-38-25-7-6-21(16-24(25)31)22-4-3-5-23(30)26(22)28(37)35-14-10-20(11-15-35)27(33)36/h3-7,16,19-20H,8-15,17-18H2,1-2H3,(H2,33,36). The summed E-state index contributed by atoms with van der Waals surface area (Å²) in [5, 5.41) is 0. The lowest BCUT2D eigenvalue weighted by atomic mass is 9.94. The molecule has 38 heavy (non-hydrogen) atoms. The second-order valence-corrected chi connectivity index (χ2v) is 11.0. The van der Waals surface area contributed by atoms with Gasteiger partial charge in [-0.15, -0.1) is 0 Å². The van der Waals surface area contributed by atoms with Gasteiger partial charge in [-0.3, -0.25) is 9.59 Å². The number of hydrogen-bond acceptors (Lipinski definition) is 4. The third-order valence-corrected chi connectivity index (χ3v) is 7.44. The molecule has 2 N–H and O–H groups in total. The van der Waals surface area contributed by atoms with Crippen LogP contribution in [0.15, 0.2) is 36.4 Å². The maximum Gasteiger partial charge on any atom is 0.257 e. The molecule has 2 amide bonds. The van der Waals surface area contributed by atoms with Gasteiger partial charge in [0.1, 0.15) is 11.5 Å². The first kappa shape index (κ1) is 28.0. The first-order valence-corrected chi connectivity index (χ1v) is 13.2. The van der Waals surface area contributed by atoms with Gasteiger partial charge in [-0.25, -0.2) is 13.2 Å². The highest BCUT2D eigenvalue weighted by Crippen LogP contribution is 2.32. The van der Waals surface area contributed by atoms with Crippen LogP contribution in [0, 0.1) is 23.5 Å². The van der Waals surface area contributed by atoms with Crippen LogP contribution in [0.4, 0.5) is 13.2 Å². The second-order valence-electron chi connectivity index (χ2n) is 11.0. The van der Waals surface area contributed by atoms with E-state index in [1.54, 1.807) is 26.0 Å². The molecule has 0 bridgehead atoms. The molecule has 9 heteroatoms. The zero-order chi connectivity index (χ0) is 27.4. The van der Waals surface area contributed by atoms with Crippen LogP contribution in [0.3, 0.4) is 0 Å². The minimum Gasteiger partial charge on any atom is -0.490 e. The SMILES string of the molecule is CC(C)(F)CN1CCC(COc2ccc(-c3cccc(F)c3C(=O)N3CCC(C(N)=O)CC3)cc2F)CC1. The van der Waals surface area contributed by atoms with Gasteiger partial charge in [-0.1, -0.05) is 18.2 Å². The van der Waals surface area contributed by atoms with E-state index in [1.807, 2.05) is 0 Å². The van der Waals surface area contributed by atoms with Crippen LogP contribution in [0.2, 0.25) is 0 Å². The van der Waals surface area contributed by atoms with Gasteiger partial charge in [0.15, 0.2) is 11.6 Å². The molecule has 2 heterocycles. The maximum atomic E-state index is 15.0. The van der Waals surface area contributed by atoms with Crippen molar-refractivity contribution in [1.82, 2.24) is 9.80 Å². The fourth-order valence-electron chi connectivity index (χ4n) is 5.34. The van der Waals surface area contributed by atoms with E-state index in [2.05, 4.69) is 4.90 Å². The Morgan fingerprint density at radius 3 is 2.29 bits per heavy atom. The summed E-state index contributed by atoms with van der Waals surface area (Å²) in [5.74, 6) is -2.12. The van der Waals surface area contributed by atoms with E-state index in [-0.39, 0.29) is 23.1 Å². The molecule has 2 aromatic rings. The summed E-state index contributed by atoms with van der Waals surface area (Å²) in [5.41, 5.74) is 4.68. The lowest BCUT2D eigenvalue weighted by molar-refractivity contribution is -0.123. The number of piperidine rings is 2. The van der Waals surface area contributed by atoms with Gasteiger partial charge in [0.05, 0.1) is 12.2 Å². The van der Waals surface area contributed by atoms with Crippen molar-refractivity contribution < 1.29 is 27.5 Å². The van der Waals surface area contributed by atoms with Gasteiger partial charge in [-0.2, -0.15) is 0 Å². The number of likely N-dealkylation sites (tertiary alicyclic amines) is 2. The average Bonchev–Trinajstić information content (AvgIpc) is 2.87. The zero-order valence-corrected chi connectivity index (χ0v) is 22.0. The van der Waals surface area contributed by atoms with Gasteiger partial charge in [0.25, 0.3) is 5.91 Å². The number of nitrogens with two attached hydrogens (primary N) is 1. The summed E-state index contributed by atoms with van der Waals surface area (Å²) in [6.07, 6.45) is 2.55. The highest BCUT2D eigenvalue weighted by molar-refractivity contribution is 6.01. The lowest BCUT2D eigenvalue weighted by Gasteiger charge is -2.34. The van der Waals surface area contributed by atoms with Crippen molar-refractivity contribution in [2.24, 2.45) is 17.6 Å². The molecular formula is C29H36F3N3O3. The molecule has 0 atom stereocenters. The predicted octanol–water partition coefficient (Wildman–Crippen LogP) is 4.81. The summed E-state index contributed by atoms with van der Waals surface area (Å²) in [7, 11) is 0. The van der Waals surface area contributed by atoms with Crippen LogP contribution in [-0.4, -0.2) is 66.6 Å². The number of primary amides is 1. The number of carbonyl (C=O) groups excluding carboxylic acids is 2. The first-order valence-electron chi connectivity index (χ1n) is 13.2. The number of nitrogens with zero attached hydrogens (tertiary/aromatic N) is 2. The van der Waals surface area contributed by atoms with Gasteiger partial charge >= 0.3 is 0 Å². The first-order chi connectivity index (χ1) is 18.0. The Morgan fingerprint density at radius 2 is 1.68 bits per heavy atom. The van der Waals surface area contributed by atoms with Crippen molar-refractivity contribution in [2.75, 3.05) is 39.3 Å². The Morgan fingerprint density at radius 1 is 1.00 bits per heavy atom. The Bertz CT molecular complexity index is 1150. The molecule has 2 fully saturated rings. The van der Waals surface area contributed by atoms with Crippen molar-refractivity contribution >= 4 is 11.8 Å². The molecule has 6 nitrogen and oxygen atoms in total. The normalized spacial score (nSPS) is 18.0. The van der Waals surface area contributed by atoms with Crippen LogP contribution in [0.5, 0.6) is 5.75 Å². The number of benzene rings is 2. The van der Waals surface area contributed by atoms with E-state index in [0.717, 1.165) is 25.9 Å². The zero-order valence-electron chi connectivity index (χ0n) is 22.0. The van der Waals surface area contributed by atoms with Gasteiger partial charge in [-0.05, 0) is 87.9 Å². The second kappa shape index (κ2) is 11.8. The van der Waals surface area contributed by atoms with Crippen molar-refractivity contribution in [2.45, 2.75) is 45.2 Å². The molecule has 2 aliphatic heterocycles. The van der Waals surface area contributed by atoms with Crippen molar-refractivity contribution in [3.8, 4) is 16.9 Å². The van der Waals surface area contributed by atoms with Gasteiger partial charge < -0.3 is 20.3 Å². The number of amides is 2. The molecule has 0 aromatic heterocycles. The molecule has 0 saturated carbocycles. The smallest absolute Gasteiger partial charge is 0.257 e. The number of carbonyl (C=O) groups is 2. The van der Waals surface area contributed by atoms with Crippen LogP contribution >= 0.6 is 0 Å². The molecular weight excluding hydrogens is 495 g/mol. The largest absolute Gasteiger partial charge is 0.490 e. The third kappa shape index (κ3) is 6.87. The monoisotopic (exact) mass is 531 g/mol. The average molecular weight is 532 g/mol. The fourth-order valence-corrected chi connectivity index (χ4v) is 5.34. The Labute approximate surface area is 221 Å². The Balaban J connectivity index is 1.41. The van der Waals surface area contributed by atoms with E-state index in [0.29, 0.717) is 50.2 Å². The molecule has 206 valence electrons. The maximum absolute atomic E-state index is 15.0. The van der Waals surface area contributed by atoms with Crippen LogP contribution < -0.4 is 10.5 Å².